The van der Waals surface area contributed by atoms with Crippen LogP contribution >= 0.6 is 11.6 Å². The van der Waals surface area contributed by atoms with Gasteiger partial charge in [0.2, 0.25) is 0 Å². The van der Waals surface area contributed by atoms with E-state index >= 15 is 0 Å². The summed E-state index contributed by atoms with van der Waals surface area (Å²) in [5.41, 5.74) is 1.61. The molecule has 27 heavy (non-hydrogen) atoms. The van der Waals surface area contributed by atoms with Gasteiger partial charge >= 0.3 is 6.09 Å². The predicted octanol–water partition coefficient (Wildman–Crippen LogP) is 2.65. The van der Waals surface area contributed by atoms with E-state index in [2.05, 4.69) is 15.3 Å². The predicted molar refractivity (Wildman–Crippen MR) is 99.2 cm³/mol. The minimum atomic E-state index is -3.89. The Morgan fingerprint density at radius 2 is 2.07 bits per heavy atom. The van der Waals surface area contributed by atoms with Gasteiger partial charge in [-0.05, 0) is 42.3 Å². The van der Waals surface area contributed by atoms with Crippen LogP contribution in [-0.2, 0) is 16.4 Å². The van der Waals surface area contributed by atoms with Gasteiger partial charge in [-0.2, -0.15) is 0 Å². The lowest BCUT2D eigenvalue weighted by molar-refractivity contribution is 0.194. The van der Waals surface area contributed by atoms with Gasteiger partial charge in [0.15, 0.2) is 0 Å². The zero-order valence-corrected chi connectivity index (χ0v) is 15.5. The van der Waals surface area contributed by atoms with Gasteiger partial charge in [-0.25, -0.2) is 22.2 Å². The van der Waals surface area contributed by atoms with Crippen molar-refractivity contribution in [3.8, 4) is 11.3 Å². The van der Waals surface area contributed by atoms with Crippen LogP contribution in [0.25, 0.3) is 11.3 Å². The van der Waals surface area contributed by atoms with Gasteiger partial charge < -0.3 is 10.4 Å². The number of amides is 1. The van der Waals surface area contributed by atoms with Crippen molar-refractivity contribution in [2.45, 2.75) is 11.3 Å². The summed E-state index contributed by atoms with van der Waals surface area (Å²) in [4.78, 5) is 18.5. The molecule has 0 aliphatic rings. The van der Waals surface area contributed by atoms with Crippen molar-refractivity contribution in [3.05, 3.63) is 65.8 Å². The van der Waals surface area contributed by atoms with Gasteiger partial charge in [0.05, 0.1) is 5.69 Å². The van der Waals surface area contributed by atoms with Gasteiger partial charge in [0.1, 0.15) is 10.0 Å². The van der Waals surface area contributed by atoms with E-state index in [1.807, 2.05) is 0 Å². The molecule has 0 bridgehead atoms. The molecule has 0 aliphatic carbocycles. The molecule has 1 amide bonds. The van der Waals surface area contributed by atoms with Crippen LogP contribution in [0.1, 0.15) is 5.56 Å². The van der Waals surface area contributed by atoms with Crippen LogP contribution in [0, 0.1) is 0 Å². The third-order valence-corrected chi connectivity index (χ3v) is 5.63. The Kier molecular flexibility index (Phi) is 5.43. The Morgan fingerprint density at radius 3 is 2.70 bits per heavy atom. The highest BCUT2D eigenvalue weighted by Crippen LogP contribution is 2.27. The molecule has 0 spiro atoms. The fourth-order valence-corrected chi connectivity index (χ4v) is 3.97. The first-order valence-corrected chi connectivity index (χ1v) is 9.65. The molecule has 10 heteroatoms. The van der Waals surface area contributed by atoms with E-state index in [9.17, 15) is 13.2 Å². The van der Waals surface area contributed by atoms with E-state index in [4.69, 9.17) is 16.7 Å². The molecule has 3 aromatic rings. The summed E-state index contributed by atoms with van der Waals surface area (Å²) in [5, 5.41) is 11.2. The second-order valence-corrected chi connectivity index (χ2v) is 7.78. The number of hydrogen-bond acceptors (Lipinski definition) is 5. The zero-order chi connectivity index (χ0) is 19.4. The van der Waals surface area contributed by atoms with Gasteiger partial charge in [0.25, 0.3) is 10.0 Å². The van der Waals surface area contributed by atoms with Crippen LogP contribution in [0.3, 0.4) is 0 Å². The maximum Gasteiger partial charge on any atom is 0.404 e. The lowest BCUT2D eigenvalue weighted by Gasteiger charge is -2.10. The summed E-state index contributed by atoms with van der Waals surface area (Å²) < 4.78 is 27.3. The summed E-state index contributed by atoms with van der Waals surface area (Å²) in [5.74, 6) is 0. The third-order valence-electron chi connectivity index (χ3n) is 3.75. The monoisotopic (exact) mass is 406 g/mol. The number of carbonyl (C=O) groups is 1. The maximum atomic E-state index is 13.1. The van der Waals surface area contributed by atoms with Crippen molar-refractivity contribution in [1.29, 1.82) is 0 Å². The Bertz CT molecular complexity index is 1050. The first-order chi connectivity index (χ1) is 12.9. The number of aromatic nitrogens is 3. The molecule has 2 N–H and O–H groups in total. The second kappa shape index (κ2) is 7.77. The van der Waals surface area contributed by atoms with Crippen LogP contribution < -0.4 is 5.32 Å². The summed E-state index contributed by atoms with van der Waals surface area (Å²) in [7, 11) is -3.89. The lowest BCUT2D eigenvalue weighted by Crippen LogP contribution is -2.23. The molecule has 0 aromatic carbocycles. The fourth-order valence-electron chi connectivity index (χ4n) is 2.50. The van der Waals surface area contributed by atoms with Gasteiger partial charge in [-0.1, -0.05) is 11.6 Å². The molecule has 3 heterocycles. The number of carboxylic acid groups (broad SMARTS) is 1. The molecule has 0 saturated heterocycles. The quantitative estimate of drug-likeness (QED) is 0.608. The minimum absolute atomic E-state index is 0.0407. The van der Waals surface area contributed by atoms with Gasteiger partial charge in [-0.15, -0.1) is 0 Å². The minimum Gasteiger partial charge on any atom is -0.465 e. The van der Waals surface area contributed by atoms with E-state index in [1.54, 1.807) is 18.2 Å². The summed E-state index contributed by atoms with van der Waals surface area (Å²) >= 11 is 5.82. The van der Waals surface area contributed by atoms with Crippen LogP contribution in [-0.4, -0.2) is 40.1 Å². The normalized spacial score (nSPS) is 11.3. The molecule has 3 rings (SSSR count). The highest BCUT2D eigenvalue weighted by atomic mass is 35.5. The van der Waals surface area contributed by atoms with E-state index in [1.165, 1.54) is 36.9 Å². The number of hydrogen-bond donors (Lipinski definition) is 2. The molecule has 0 atom stereocenters. The summed E-state index contributed by atoms with van der Waals surface area (Å²) in [6.07, 6.45) is 4.89. The molecule has 3 aromatic heterocycles. The maximum absolute atomic E-state index is 13.1. The smallest absolute Gasteiger partial charge is 0.404 e. The van der Waals surface area contributed by atoms with E-state index < -0.39 is 16.1 Å². The molecule has 8 nitrogen and oxygen atoms in total. The van der Waals surface area contributed by atoms with Crippen molar-refractivity contribution in [2.24, 2.45) is 0 Å². The van der Waals surface area contributed by atoms with Crippen LogP contribution in [0.4, 0.5) is 4.79 Å². The first kappa shape index (κ1) is 18.9. The Labute approximate surface area is 160 Å². The molecule has 140 valence electrons. The molecular weight excluding hydrogens is 392 g/mol. The van der Waals surface area contributed by atoms with Gasteiger partial charge in [0, 0.05) is 36.9 Å². The van der Waals surface area contributed by atoms with Gasteiger partial charge in [-0.3, -0.25) is 4.98 Å². The number of halogens is 1. The standard InChI is InChI=1S/C17H15ClN4O4S/c18-16-4-3-13(9-21-16)15-8-12(5-7-20-17(23)24)11-22(15)27(25,26)14-2-1-6-19-10-14/h1-4,6,8-11,20H,5,7H2,(H,23,24). The SMILES string of the molecule is O=C(O)NCCc1cc(-c2ccc(Cl)nc2)n(S(=O)(=O)c2cccnc2)c1. The average molecular weight is 407 g/mol. The van der Waals surface area contributed by atoms with Crippen molar-refractivity contribution in [2.75, 3.05) is 6.54 Å². The third kappa shape index (κ3) is 4.26. The Hall–Kier alpha value is -2.91. The van der Waals surface area contributed by atoms with E-state index in [-0.39, 0.29) is 16.6 Å². The molecular formula is C17H15ClN4O4S. The van der Waals surface area contributed by atoms with E-state index in [0.29, 0.717) is 23.2 Å². The number of pyridine rings is 2. The van der Waals surface area contributed by atoms with Crippen LogP contribution in [0.15, 0.2) is 60.0 Å². The van der Waals surface area contributed by atoms with Crippen LogP contribution in [0.2, 0.25) is 5.15 Å². The molecule has 0 fully saturated rings. The second-order valence-electron chi connectivity index (χ2n) is 5.57. The topological polar surface area (TPSA) is 114 Å². The highest BCUT2D eigenvalue weighted by Gasteiger charge is 2.22. The van der Waals surface area contributed by atoms with Crippen LogP contribution in [0.5, 0.6) is 0 Å². The van der Waals surface area contributed by atoms with Crippen molar-refractivity contribution < 1.29 is 18.3 Å². The lowest BCUT2D eigenvalue weighted by atomic mass is 10.2. The Morgan fingerprint density at radius 1 is 1.26 bits per heavy atom. The van der Waals surface area contributed by atoms with Crippen molar-refractivity contribution in [1.82, 2.24) is 19.3 Å². The zero-order valence-electron chi connectivity index (χ0n) is 13.9. The highest BCUT2D eigenvalue weighted by molar-refractivity contribution is 7.90. The van der Waals surface area contributed by atoms with E-state index in [0.717, 1.165) is 3.97 Å². The molecule has 0 saturated carbocycles. The Balaban J connectivity index is 2.06. The fraction of sp³-hybridized carbons (Fsp3) is 0.118. The summed E-state index contributed by atoms with van der Waals surface area (Å²) in [6, 6.07) is 7.91. The summed E-state index contributed by atoms with van der Waals surface area (Å²) in [6.45, 7) is 0.157. The molecule has 0 aliphatic heterocycles. The number of nitrogens with one attached hydrogen (secondary N) is 1. The molecule has 0 radical (unpaired) electrons. The van der Waals surface area contributed by atoms with Crippen molar-refractivity contribution >= 4 is 27.7 Å². The van der Waals surface area contributed by atoms with Crippen molar-refractivity contribution in [3.63, 3.8) is 0 Å². The first-order valence-electron chi connectivity index (χ1n) is 7.83. The number of nitrogens with zero attached hydrogens (tertiary/aromatic N) is 3. The number of rotatable bonds is 6. The average Bonchev–Trinajstić information content (AvgIpc) is 3.08. The molecule has 0 unspecified atom stereocenters. The largest absolute Gasteiger partial charge is 0.465 e.